The van der Waals surface area contributed by atoms with Crippen LogP contribution in [-0.2, 0) is 9.47 Å². The fraction of sp³-hybridized carbons (Fsp3) is 0.577. The molecule has 0 saturated carbocycles. The molecule has 35 heavy (non-hydrogen) atoms. The van der Waals surface area contributed by atoms with Gasteiger partial charge >= 0.3 is 0 Å². The third kappa shape index (κ3) is 4.85. The summed E-state index contributed by atoms with van der Waals surface area (Å²) in [5, 5.41) is 6.02. The predicted molar refractivity (Wildman–Crippen MR) is 135 cm³/mol. The Hall–Kier alpha value is -2.75. The molecule has 188 valence electrons. The molecule has 2 aliphatic heterocycles. The van der Waals surface area contributed by atoms with Crippen molar-refractivity contribution in [3.05, 3.63) is 39.8 Å². The highest BCUT2D eigenvalue weighted by atomic mass is 16.5. The van der Waals surface area contributed by atoms with Gasteiger partial charge in [-0.2, -0.15) is 5.10 Å². The molecule has 1 N–H and O–H groups in total. The zero-order chi connectivity index (χ0) is 24.4. The summed E-state index contributed by atoms with van der Waals surface area (Å²) in [5.41, 5.74) is 2.96. The number of pyridine rings is 1. The number of amides is 1. The third-order valence-corrected chi connectivity index (χ3v) is 7.30. The van der Waals surface area contributed by atoms with Gasteiger partial charge in [0.2, 0.25) is 0 Å². The standard InChI is InChI=1S/C26H35N5O4/c1-3-34-12-4-7-29-8-10-30(11-9-29)26(33)20-16-21-23(15-18(20)2)28-25(32)22-17-27-31(24(21)22)19-5-13-35-14-6-19/h15-17,19H,3-14H2,1-2H3,(H,28,32). The maximum absolute atomic E-state index is 13.6. The number of carbonyl (C=O) groups is 1. The summed E-state index contributed by atoms with van der Waals surface area (Å²) in [6, 6.07) is 4.06. The Labute approximate surface area is 205 Å². The quantitative estimate of drug-likeness (QED) is 0.522. The normalized spacial score (nSPS) is 18.1. The zero-order valence-corrected chi connectivity index (χ0v) is 20.7. The predicted octanol–water partition coefficient (Wildman–Crippen LogP) is 2.72. The van der Waals surface area contributed by atoms with Gasteiger partial charge in [-0.25, -0.2) is 0 Å². The van der Waals surface area contributed by atoms with Gasteiger partial charge in [0, 0.05) is 70.1 Å². The van der Waals surface area contributed by atoms with E-state index >= 15 is 0 Å². The molecule has 4 heterocycles. The summed E-state index contributed by atoms with van der Waals surface area (Å²) in [6.45, 7) is 11.0. The topological polar surface area (TPSA) is 92.7 Å². The highest BCUT2D eigenvalue weighted by Gasteiger charge is 2.25. The van der Waals surface area contributed by atoms with Crippen LogP contribution >= 0.6 is 0 Å². The van der Waals surface area contributed by atoms with Crippen molar-refractivity contribution in [2.45, 2.75) is 39.2 Å². The molecule has 0 radical (unpaired) electrons. The first-order valence-corrected chi connectivity index (χ1v) is 12.8. The van der Waals surface area contributed by atoms with Crippen LogP contribution in [0.1, 0.15) is 48.1 Å². The lowest BCUT2D eigenvalue weighted by molar-refractivity contribution is 0.0615. The largest absolute Gasteiger partial charge is 0.382 e. The van der Waals surface area contributed by atoms with E-state index < -0.39 is 0 Å². The molecule has 0 bridgehead atoms. The summed E-state index contributed by atoms with van der Waals surface area (Å²) in [6.07, 6.45) is 4.38. The van der Waals surface area contributed by atoms with E-state index in [1.54, 1.807) is 6.20 Å². The van der Waals surface area contributed by atoms with Crippen LogP contribution in [0.5, 0.6) is 0 Å². The number of H-pyrrole nitrogens is 1. The van der Waals surface area contributed by atoms with Gasteiger partial charge in [0.25, 0.3) is 11.5 Å². The van der Waals surface area contributed by atoms with Gasteiger partial charge in [0.1, 0.15) is 0 Å². The van der Waals surface area contributed by atoms with Crippen LogP contribution in [0.15, 0.2) is 23.1 Å². The summed E-state index contributed by atoms with van der Waals surface area (Å²) >= 11 is 0. The van der Waals surface area contributed by atoms with Crippen LogP contribution in [-0.4, -0.2) is 89.6 Å². The van der Waals surface area contributed by atoms with Gasteiger partial charge in [-0.1, -0.05) is 0 Å². The number of hydrogen-bond donors (Lipinski definition) is 1. The minimum atomic E-state index is -0.148. The maximum atomic E-state index is 13.6. The van der Waals surface area contributed by atoms with Crippen molar-refractivity contribution in [3.8, 4) is 0 Å². The second-order valence-corrected chi connectivity index (χ2v) is 9.55. The van der Waals surface area contributed by atoms with Crippen LogP contribution < -0.4 is 5.56 Å². The maximum Gasteiger partial charge on any atom is 0.259 e. The Morgan fingerprint density at radius 2 is 1.94 bits per heavy atom. The molecule has 0 unspecified atom stereocenters. The molecule has 1 amide bonds. The molecule has 2 aliphatic rings. The van der Waals surface area contributed by atoms with E-state index in [2.05, 4.69) is 15.0 Å². The zero-order valence-electron chi connectivity index (χ0n) is 20.7. The van der Waals surface area contributed by atoms with E-state index in [-0.39, 0.29) is 17.5 Å². The Morgan fingerprint density at radius 1 is 1.17 bits per heavy atom. The summed E-state index contributed by atoms with van der Waals surface area (Å²) < 4.78 is 12.9. The second kappa shape index (κ2) is 10.5. The fourth-order valence-corrected chi connectivity index (χ4v) is 5.31. The Kier molecular flexibility index (Phi) is 7.17. The molecular weight excluding hydrogens is 446 g/mol. The molecule has 2 saturated heterocycles. The van der Waals surface area contributed by atoms with Crippen molar-refractivity contribution in [2.75, 3.05) is 59.2 Å². The van der Waals surface area contributed by atoms with E-state index in [1.165, 1.54) is 0 Å². The molecule has 9 heteroatoms. The first kappa shape index (κ1) is 24.0. The molecular formula is C26H35N5O4. The van der Waals surface area contributed by atoms with Gasteiger partial charge < -0.3 is 19.4 Å². The first-order chi connectivity index (χ1) is 17.1. The molecule has 3 aromatic rings. The van der Waals surface area contributed by atoms with Crippen molar-refractivity contribution < 1.29 is 14.3 Å². The van der Waals surface area contributed by atoms with Crippen LogP contribution in [0.25, 0.3) is 21.8 Å². The highest BCUT2D eigenvalue weighted by Crippen LogP contribution is 2.30. The van der Waals surface area contributed by atoms with E-state index in [4.69, 9.17) is 9.47 Å². The lowest BCUT2D eigenvalue weighted by atomic mass is 10.0. The van der Waals surface area contributed by atoms with Crippen molar-refractivity contribution in [3.63, 3.8) is 0 Å². The van der Waals surface area contributed by atoms with Crippen LogP contribution in [0.3, 0.4) is 0 Å². The minimum absolute atomic E-state index is 0.0508. The minimum Gasteiger partial charge on any atom is -0.382 e. The first-order valence-electron chi connectivity index (χ1n) is 12.8. The van der Waals surface area contributed by atoms with E-state index in [0.717, 1.165) is 74.1 Å². The number of ether oxygens (including phenoxy) is 2. The van der Waals surface area contributed by atoms with E-state index in [9.17, 15) is 9.59 Å². The average molecular weight is 482 g/mol. The number of piperazine rings is 1. The SMILES string of the molecule is CCOCCCN1CCN(C(=O)c2cc3c(cc2C)[nH]c(=O)c2cnn(C4CCOCC4)c23)CC1. The summed E-state index contributed by atoms with van der Waals surface area (Å²) in [5.74, 6) is 0.0508. The van der Waals surface area contributed by atoms with Crippen LogP contribution in [0.4, 0.5) is 0 Å². The number of rotatable bonds is 7. The number of nitrogens with one attached hydrogen (secondary N) is 1. The molecule has 0 spiro atoms. The van der Waals surface area contributed by atoms with Crippen molar-refractivity contribution in [2.24, 2.45) is 0 Å². The van der Waals surface area contributed by atoms with Crippen molar-refractivity contribution >= 4 is 27.7 Å². The third-order valence-electron chi connectivity index (χ3n) is 7.30. The number of aromatic amines is 1. The molecule has 0 atom stereocenters. The van der Waals surface area contributed by atoms with Gasteiger partial charge in [0.15, 0.2) is 0 Å². The van der Waals surface area contributed by atoms with Crippen molar-refractivity contribution in [1.29, 1.82) is 0 Å². The molecule has 9 nitrogen and oxygen atoms in total. The van der Waals surface area contributed by atoms with Crippen LogP contribution in [0, 0.1) is 6.92 Å². The number of fused-ring (bicyclic) bond motifs is 3. The smallest absolute Gasteiger partial charge is 0.259 e. The number of aromatic nitrogens is 3. The molecule has 5 rings (SSSR count). The number of hydrogen-bond acceptors (Lipinski definition) is 6. The molecule has 2 fully saturated rings. The Morgan fingerprint density at radius 3 is 2.69 bits per heavy atom. The van der Waals surface area contributed by atoms with Gasteiger partial charge in [-0.15, -0.1) is 0 Å². The number of aryl methyl sites for hydroxylation is 1. The monoisotopic (exact) mass is 481 g/mol. The highest BCUT2D eigenvalue weighted by molar-refractivity contribution is 6.07. The second-order valence-electron chi connectivity index (χ2n) is 9.55. The summed E-state index contributed by atoms with van der Waals surface area (Å²) in [4.78, 5) is 33.7. The van der Waals surface area contributed by atoms with Gasteiger partial charge in [-0.3, -0.25) is 19.2 Å². The van der Waals surface area contributed by atoms with Gasteiger partial charge in [-0.05, 0) is 50.8 Å². The number of benzene rings is 1. The lowest BCUT2D eigenvalue weighted by Gasteiger charge is -2.35. The van der Waals surface area contributed by atoms with E-state index in [1.807, 2.05) is 35.6 Å². The fourth-order valence-electron chi connectivity index (χ4n) is 5.31. The van der Waals surface area contributed by atoms with Crippen LogP contribution in [0.2, 0.25) is 0 Å². The number of carbonyl (C=O) groups excluding carboxylic acids is 1. The Balaban J connectivity index is 1.42. The molecule has 1 aromatic carbocycles. The lowest BCUT2D eigenvalue weighted by Crippen LogP contribution is -2.49. The Bertz CT molecular complexity index is 1250. The van der Waals surface area contributed by atoms with E-state index in [0.29, 0.717) is 37.3 Å². The average Bonchev–Trinajstić information content (AvgIpc) is 3.33. The van der Waals surface area contributed by atoms with Gasteiger partial charge in [0.05, 0.1) is 28.7 Å². The van der Waals surface area contributed by atoms with Crippen molar-refractivity contribution in [1.82, 2.24) is 24.6 Å². The summed E-state index contributed by atoms with van der Waals surface area (Å²) in [7, 11) is 0. The molecule has 2 aromatic heterocycles. The number of nitrogens with zero attached hydrogens (tertiary/aromatic N) is 4. The molecule has 0 aliphatic carbocycles.